The number of benzene rings is 2. The van der Waals surface area contributed by atoms with E-state index in [0.717, 1.165) is 16.1 Å². The van der Waals surface area contributed by atoms with Crippen LogP contribution in [-0.2, 0) is 4.79 Å². The summed E-state index contributed by atoms with van der Waals surface area (Å²) >= 11 is 1.42. The van der Waals surface area contributed by atoms with Crippen LogP contribution in [0, 0.1) is 5.92 Å². The van der Waals surface area contributed by atoms with Crippen LogP contribution < -0.4 is 5.73 Å². The number of carbonyl (C=O) groups excluding carboxylic acids is 2. The largest absolute Gasteiger partial charge is 0.369 e. The summed E-state index contributed by atoms with van der Waals surface area (Å²) in [6.45, 7) is 1.08. The Balaban J connectivity index is 1.68. The summed E-state index contributed by atoms with van der Waals surface area (Å²) in [7, 11) is 0. The van der Waals surface area contributed by atoms with Gasteiger partial charge < -0.3 is 10.6 Å². The molecular formula is C22H21N3O2S. The second-order valence-corrected chi connectivity index (χ2v) is 7.90. The van der Waals surface area contributed by atoms with Gasteiger partial charge in [0.15, 0.2) is 0 Å². The van der Waals surface area contributed by atoms with Gasteiger partial charge in [0, 0.05) is 30.1 Å². The first-order valence-corrected chi connectivity index (χ1v) is 10.2. The SMILES string of the molecule is NC(=O)C1CCN(C(=O)c2sc(-c3ccccc3)nc2-c2ccccc2)CC1. The number of likely N-dealkylation sites (tertiary alicyclic amines) is 1. The van der Waals surface area contributed by atoms with Gasteiger partial charge in [0.05, 0.1) is 5.69 Å². The highest BCUT2D eigenvalue weighted by Crippen LogP contribution is 2.35. The smallest absolute Gasteiger partial charge is 0.266 e. The number of aromatic nitrogens is 1. The van der Waals surface area contributed by atoms with Crippen molar-refractivity contribution in [1.82, 2.24) is 9.88 Å². The van der Waals surface area contributed by atoms with E-state index in [9.17, 15) is 9.59 Å². The molecular weight excluding hydrogens is 370 g/mol. The number of nitrogens with zero attached hydrogens (tertiary/aromatic N) is 2. The number of piperidine rings is 1. The molecule has 28 heavy (non-hydrogen) atoms. The molecule has 0 radical (unpaired) electrons. The van der Waals surface area contributed by atoms with E-state index < -0.39 is 0 Å². The Morgan fingerprint density at radius 1 is 0.929 bits per heavy atom. The van der Waals surface area contributed by atoms with Crippen LogP contribution in [-0.4, -0.2) is 34.8 Å². The van der Waals surface area contributed by atoms with Gasteiger partial charge in [-0.05, 0) is 12.8 Å². The molecule has 0 unspecified atom stereocenters. The molecule has 2 N–H and O–H groups in total. The number of rotatable bonds is 4. The van der Waals surface area contributed by atoms with Gasteiger partial charge in [0.1, 0.15) is 9.88 Å². The van der Waals surface area contributed by atoms with Crippen LogP contribution in [0.5, 0.6) is 0 Å². The van der Waals surface area contributed by atoms with Crippen LogP contribution in [0.1, 0.15) is 22.5 Å². The number of nitrogens with two attached hydrogens (primary N) is 1. The highest BCUT2D eigenvalue weighted by Gasteiger charge is 2.29. The Kier molecular flexibility index (Phi) is 5.21. The topological polar surface area (TPSA) is 76.3 Å². The van der Waals surface area contributed by atoms with E-state index in [4.69, 9.17) is 10.7 Å². The molecule has 0 aliphatic carbocycles. The van der Waals surface area contributed by atoms with E-state index in [1.807, 2.05) is 65.6 Å². The molecule has 1 aliphatic heterocycles. The van der Waals surface area contributed by atoms with Crippen molar-refractivity contribution in [1.29, 1.82) is 0 Å². The third-order valence-electron chi connectivity index (χ3n) is 5.07. The zero-order valence-electron chi connectivity index (χ0n) is 15.4. The molecule has 2 aromatic carbocycles. The first-order chi connectivity index (χ1) is 13.6. The molecule has 2 heterocycles. The van der Waals surface area contributed by atoms with Gasteiger partial charge in [0.25, 0.3) is 5.91 Å². The van der Waals surface area contributed by atoms with Crippen molar-refractivity contribution in [2.45, 2.75) is 12.8 Å². The maximum atomic E-state index is 13.3. The number of primary amides is 1. The fraction of sp³-hybridized carbons (Fsp3) is 0.227. The molecule has 6 heteroatoms. The molecule has 4 rings (SSSR count). The second kappa shape index (κ2) is 7.94. The number of thiazole rings is 1. The minimum atomic E-state index is -0.277. The normalized spacial score (nSPS) is 14.8. The van der Waals surface area contributed by atoms with Crippen LogP contribution in [0.15, 0.2) is 60.7 Å². The Morgan fingerprint density at radius 2 is 1.50 bits per heavy atom. The predicted octanol–water partition coefficient (Wildman–Crippen LogP) is 3.81. The summed E-state index contributed by atoms with van der Waals surface area (Å²) in [6.07, 6.45) is 1.23. The van der Waals surface area contributed by atoms with Gasteiger partial charge in [0.2, 0.25) is 5.91 Å². The van der Waals surface area contributed by atoms with E-state index in [1.54, 1.807) is 0 Å². The van der Waals surface area contributed by atoms with Crippen LogP contribution in [0.2, 0.25) is 0 Å². The average molecular weight is 391 g/mol. The highest BCUT2D eigenvalue weighted by atomic mass is 32.1. The Bertz CT molecular complexity index is 978. The Hall–Kier alpha value is -2.99. The van der Waals surface area contributed by atoms with Crippen LogP contribution >= 0.6 is 11.3 Å². The van der Waals surface area contributed by atoms with Gasteiger partial charge in [-0.15, -0.1) is 11.3 Å². The van der Waals surface area contributed by atoms with Crippen molar-refractivity contribution < 1.29 is 9.59 Å². The van der Waals surface area contributed by atoms with Gasteiger partial charge in [-0.2, -0.15) is 0 Å². The second-order valence-electron chi connectivity index (χ2n) is 6.90. The lowest BCUT2D eigenvalue weighted by molar-refractivity contribution is -0.123. The van der Waals surface area contributed by atoms with E-state index in [2.05, 4.69) is 0 Å². The number of hydrogen-bond donors (Lipinski definition) is 1. The molecule has 3 aromatic rings. The average Bonchev–Trinajstić information content (AvgIpc) is 3.20. The maximum absolute atomic E-state index is 13.3. The molecule has 0 bridgehead atoms. The molecule has 1 aromatic heterocycles. The molecule has 2 amide bonds. The summed E-state index contributed by atoms with van der Waals surface area (Å²) in [5.74, 6) is -0.443. The number of hydrogen-bond acceptors (Lipinski definition) is 4. The number of amides is 2. The van der Waals surface area contributed by atoms with Crippen LogP contribution in [0.25, 0.3) is 21.8 Å². The lowest BCUT2D eigenvalue weighted by atomic mass is 9.96. The van der Waals surface area contributed by atoms with Crippen LogP contribution in [0.3, 0.4) is 0 Å². The summed E-state index contributed by atoms with van der Waals surface area (Å²) in [5.41, 5.74) is 8.06. The lowest BCUT2D eigenvalue weighted by Gasteiger charge is -2.30. The fourth-order valence-electron chi connectivity index (χ4n) is 3.47. The Labute approximate surface area is 167 Å². The molecule has 0 saturated carbocycles. The number of carbonyl (C=O) groups is 2. The molecule has 0 atom stereocenters. The lowest BCUT2D eigenvalue weighted by Crippen LogP contribution is -2.41. The van der Waals surface area contributed by atoms with Gasteiger partial charge >= 0.3 is 0 Å². The summed E-state index contributed by atoms with van der Waals surface area (Å²) < 4.78 is 0. The molecule has 1 fully saturated rings. The van der Waals surface area contributed by atoms with Crippen LogP contribution in [0.4, 0.5) is 0 Å². The van der Waals surface area contributed by atoms with Crippen molar-refractivity contribution in [3.63, 3.8) is 0 Å². The molecule has 1 aliphatic rings. The van der Waals surface area contributed by atoms with Crippen molar-refractivity contribution in [2.75, 3.05) is 13.1 Å². The van der Waals surface area contributed by atoms with E-state index >= 15 is 0 Å². The maximum Gasteiger partial charge on any atom is 0.266 e. The molecule has 142 valence electrons. The van der Waals surface area contributed by atoms with E-state index in [-0.39, 0.29) is 17.7 Å². The third kappa shape index (κ3) is 3.68. The predicted molar refractivity (Wildman–Crippen MR) is 111 cm³/mol. The van der Waals surface area contributed by atoms with Gasteiger partial charge in [-0.1, -0.05) is 60.7 Å². The first-order valence-electron chi connectivity index (χ1n) is 9.33. The first kappa shape index (κ1) is 18.4. The van der Waals surface area contributed by atoms with Crippen molar-refractivity contribution in [3.05, 3.63) is 65.5 Å². The van der Waals surface area contributed by atoms with E-state index in [1.165, 1.54) is 11.3 Å². The molecule has 0 spiro atoms. The zero-order valence-corrected chi connectivity index (χ0v) is 16.2. The van der Waals surface area contributed by atoms with E-state index in [0.29, 0.717) is 36.5 Å². The van der Waals surface area contributed by atoms with Crippen molar-refractivity contribution in [2.24, 2.45) is 11.7 Å². The third-order valence-corrected chi connectivity index (χ3v) is 6.17. The van der Waals surface area contributed by atoms with Crippen molar-refractivity contribution >= 4 is 23.2 Å². The minimum Gasteiger partial charge on any atom is -0.369 e. The Morgan fingerprint density at radius 3 is 2.07 bits per heavy atom. The van der Waals surface area contributed by atoms with Crippen molar-refractivity contribution in [3.8, 4) is 21.8 Å². The molecule has 5 nitrogen and oxygen atoms in total. The summed E-state index contributed by atoms with van der Waals surface area (Å²) in [6, 6.07) is 19.7. The quantitative estimate of drug-likeness (QED) is 0.735. The summed E-state index contributed by atoms with van der Waals surface area (Å²) in [5, 5.41) is 0.829. The van der Waals surface area contributed by atoms with Gasteiger partial charge in [-0.25, -0.2) is 4.98 Å². The molecule has 1 saturated heterocycles. The summed E-state index contributed by atoms with van der Waals surface area (Å²) in [4.78, 5) is 32.0. The zero-order chi connectivity index (χ0) is 19.5. The monoisotopic (exact) mass is 391 g/mol. The standard InChI is InChI=1S/C22H21N3O2S/c23-20(26)16-11-13-25(14-12-16)22(27)19-18(15-7-3-1-4-8-15)24-21(28-19)17-9-5-2-6-10-17/h1-10,16H,11-14H2,(H2,23,26). The van der Waals surface area contributed by atoms with Gasteiger partial charge in [-0.3, -0.25) is 9.59 Å². The highest BCUT2D eigenvalue weighted by molar-refractivity contribution is 7.17. The minimum absolute atomic E-state index is 0.0264. The fourth-order valence-corrected chi connectivity index (χ4v) is 4.53.